The number of hydrogen-bond acceptors (Lipinski definition) is 3. The van der Waals surface area contributed by atoms with Crippen molar-refractivity contribution in [3.63, 3.8) is 0 Å². The average molecular weight is 224 g/mol. The number of carboxylic acids is 1. The van der Waals surface area contributed by atoms with Crippen molar-refractivity contribution in [1.82, 2.24) is 5.32 Å². The molecule has 0 rings (SSSR count). The van der Waals surface area contributed by atoms with Gasteiger partial charge in [0, 0.05) is 13.0 Å². The summed E-state index contributed by atoms with van der Waals surface area (Å²) in [6.07, 6.45) is 2.45. The van der Waals surface area contributed by atoms with Gasteiger partial charge >= 0.3 is 5.97 Å². The number of amides is 1. The van der Waals surface area contributed by atoms with Gasteiger partial charge in [-0.3, -0.25) is 9.79 Å². The zero-order chi connectivity index (χ0) is 12.7. The minimum Gasteiger partial charge on any atom is -0.478 e. The van der Waals surface area contributed by atoms with Gasteiger partial charge < -0.3 is 10.4 Å². The third-order valence-electron chi connectivity index (χ3n) is 1.78. The van der Waals surface area contributed by atoms with Crippen molar-refractivity contribution in [2.75, 3.05) is 7.05 Å². The van der Waals surface area contributed by atoms with E-state index in [1.807, 2.05) is 0 Å². The molecule has 0 aliphatic rings. The van der Waals surface area contributed by atoms with Gasteiger partial charge in [-0.05, 0) is 6.08 Å². The van der Waals surface area contributed by atoms with Gasteiger partial charge in [-0.15, -0.1) is 0 Å². The summed E-state index contributed by atoms with van der Waals surface area (Å²) in [6, 6.07) is 0. The number of rotatable bonds is 4. The number of hydrogen-bond donors (Lipinski definition) is 2. The maximum atomic E-state index is 11.4. The number of carboxylic acid groups (broad SMARTS) is 1. The highest BCUT2D eigenvalue weighted by molar-refractivity contribution is 6.08. The van der Waals surface area contributed by atoms with Gasteiger partial charge in [-0.2, -0.15) is 0 Å². The Bertz CT molecular complexity index is 354. The Morgan fingerprint density at radius 1 is 1.44 bits per heavy atom. The summed E-state index contributed by atoms with van der Waals surface area (Å²) in [6.45, 7) is 6.84. The lowest BCUT2D eigenvalue weighted by Crippen LogP contribution is -2.33. The van der Waals surface area contributed by atoms with E-state index in [-0.39, 0.29) is 23.2 Å². The normalized spacial score (nSPS) is 12.5. The maximum Gasteiger partial charge on any atom is 0.335 e. The summed E-state index contributed by atoms with van der Waals surface area (Å²) in [5, 5.41) is 11.3. The molecule has 88 valence electrons. The molecule has 0 aliphatic heterocycles. The largest absolute Gasteiger partial charge is 0.478 e. The third kappa shape index (κ3) is 4.54. The molecule has 0 aromatic carbocycles. The molecule has 0 fully saturated rings. The molecule has 0 saturated carbocycles. The van der Waals surface area contributed by atoms with Gasteiger partial charge in [0.15, 0.2) is 0 Å². The minimum atomic E-state index is -1.12. The van der Waals surface area contributed by atoms with Crippen molar-refractivity contribution in [1.29, 1.82) is 0 Å². The monoisotopic (exact) mass is 224 g/mol. The first kappa shape index (κ1) is 14.1. The summed E-state index contributed by atoms with van der Waals surface area (Å²) >= 11 is 0. The number of aliphatic carboxylic acids is 1. The van der Waals surface area contributed by atoms with Gasteiger partial charge in [0.25, 0.3) is 0 Å². The van der Waals surface area contributed by atoms with Gasteiger partial charge in [0.05, 0.1) is 5.57 Å². The van der Waals surface area contributed by atoms with Crippen LogP contribution in [0.2, 0.25) is 0 Å². The molecule has 16 heavy (non-hydrogen) atoms. The van der Waals surface area contributed by atoms with Gasteiger partial charge in [0.2, 0.25) is 5.91 Å². The van der Waals surface area contributed by atoms with Crippen LogP contribution in [0.15, 0.2) is 29.3 Å². The highest BCUT2D eigenvalue weighted by Crippen LogP contribution is 1.97. The van der Waals surface area contributed by atoms with Crippen molar-refractivity contribution in [2.24, 2.45) is 10.9 Å². The lowest BCUT2D eigenvalue weighted by atomic mass is 10.2. The molecule has 1 amide bonds. The predicted molar refractivity (Wildman–Crippen MR) is 62.3 cm³/mol. The van der Waals surface area contributed by atoms with E-state index in [9.17, 15) is 9.59 Å². The fraction of sp³-hybridized carbons (Fsp3) is 0.364. The van der Waals surface area contributed by atoms with Crippen molar-refractivity contribution >= 4 is 17.7 Å². The van der Waals surface area contributed by atoms with Gasteiger partial charge in [-0.25, -0.2) is 4.79 Å². The Morgan fingerprint density at radius 3 is 2.31 bits per heavy atom. The molecule has 0 atom stereocenters. The van der Waals surface area contributed by atoms with Crippen LogP contribution >= 0.6 is 0 Å². The van der Waals surface area contributed by atoms with Crippen LogP contribution in [0, 0.1) is 5.92 Å². The molecular weight excluding hydrogens is 208 g/mol. The first-order chi connectivity index (χ1) is 7.42. The second-order valence-corrected chi connectivity index (χ2v) is 3.36. The van der Waals surface area contributed by atoms with Gasteiger partial charge in [0.1, 0.15) is 5.84 Å². The van der Waals surface area contributed by atoms with Crippen LogP contribution < -0.4 is 5.32 Å². The summed E-state index contributed by atoms with van der Waals surface area (Å²) < 4.78 is 0. The Morgan fingerprint density at radius 2 is 2.00 bits per heavy atom. The number of carbonyl (C=O) groups excluding carboxylic acids is 1. The maximum absolute atomic E-state index is 11.4. The lowest BCUT2D eigenvalue weighted by Gasteiger charge is -2.07. The Balaban J connectivity index is 4.84. The molecular formula is C11H16N2O3. The molecule has 0 aromatic rings. The number of amidine groups is 1. The molecule has 0 radical (unpaired) electrons. The molecule has 2 N–H and O–H groups in total. The number of aliphatic imine (C=N–C) groups is 1. The van der Waals surface area contributed by atoms with Crippen molar-refractivity contribution in [2.45, 2.75) is 13.8 Å². The highest BCUT2D eigenvalue weighted by Gasteiger charge is 2.10. The van der Waals surface area contributed by atoms with E-state index in [1.54, 1.807) is 13.8 Å². The standard InChI is InChI=1S/C11H16N2O3/c1-5-8(11(15)16)6-9(12-4)13-10(14)7(2)3/h5-7H,1H2,2-4H3,(H,15,16)(H,12,13,14)/b8-6+. The Hall–Kier alpha value is -1.91. The molecule has 5 nitrogen and oxygen atoms in total. The molecule has 5 heteroatoms. The van der Waals surface area contributed by atoms with E-state index in [1.165, 1.54) is 19.2 Å². The zero-order valence-corrected chi connectivity index (χ0v) is 9.65. The van der Waals surface area contributed by atoms with Crippen LogP contribution in [-0.4, -0.2) is 29.9 Å². The second kappa shape index (κ2) is 6.55. The van der Waals surface area contributed by atoms with E-state index in [0.29, 0.717) is 0 Å². The minimum absolute atomic E-state index is 0.0235. The van der Waals surface area contributed by atoms with Crippen molar-refractivity contribution in [3.05, 3.63) is 24.3 Å². The summed E-state index contributed by atoms with van der Waals surface area (Å²) in [5.74, 6) is -1.32. The second-order valence-electron chi connectivity index (χ2n) is 3.36. The first-order valence-electron chi connectivity index (χ1n) is 4.77. The van der Waals surface area contributed by atoms with E-state index < -0.39 is 5.97 Å². The molecule has 0 aromatic heterocycles. The number of nitrogens with zero attached hydrogens (tertiary/aromatic N) is 1. The molecule has 0 bridgehead atoms. The lowest BCUT2D eigenvalue weighted by molar-refractivity contribution is -0.132. The fourth-order valence-corrected chi connectivity index (χ4v) is 0.782. The van der Waals surface area contributed by atoms with E-state index >= 15 is 0 Å². The number of nitrogens with one attached hydrogen (secondary N) is 1. The Kier molecular flexibility index (Phi) is 5.77. The quantitative estimate of drug-likeness (QED) is 0.323. The van der Waals surface area contributed by atoms with Crippen LogP contribution in [0.5, 0.6) is 0 Å². The molecule has 0 spiro atoms. The van der Waals surface area contributed by atoms with Crippen LogP contribution in [0.25, 0.3) is 0 Å². The first-order valence-corrected chi connectivity index (χ1v) is 4.77. The SMILES string of the molecule is C=C/C(=C\C(=N/C)NC(=O)C(C)C)C(=O)O. The van der Waals surface area contributed by atoms with Crippen LogP contribution in [0.3, 0.4) is 0 Å². The Labute approximate surface area is 94.6 Å². The van der Waals surface area contributed by atoms with Crippen molar-refractivity contribution in [3.8, 4) is 0 Å². The zero-order valence-electron chi connectivity index (χ0n) is 9.65. The summed E-state index contributed by atoms with van der Waals surface area (Å²) in [4.78, 5) is 25.8. The molecule has 0 saturated heterocycles. The average Bonchev–Trinajstić information content (AvgIpc) is 2.22. The van der Waals surface area contributed by atoms with E-state index in [4.69, 9.17) is 5.11 Å². The number of carbonyl (C=O) groups is 2. The topological polar surface area (TPSA) is 78.8 Å². The molecule has 0 heterocycles. The predicted octanol–water partition coefficient (Wildman–Crippen LogP) is 0.984. The van der Waals surface area contributed by atoms with Crippen molar-refractivity contribution < 1.29 is 14.7 Å². The van der Waals surface area contributed by atoms with Crippen LogP contribution in [0.1, 0.15) is 13.8 Å². The highest BCUT2D eigenvalue weighted by atomic mass is 16.4. The summed E-state index contributed by atoms with van der Waals surface area (Å²) in [5.41, 5.74) is -0.0235. The molecule has 0 unspecified atom stereocenters. The van der Waals surface area contributed by atoms with Gasteiger partial charge in [-0.1, -0.05) is 26.5 Å². The summed E-state index contributed by atoms with van der Waals surface area (Å²) in [7, 11) is 1.47. The van der Waals surface area contributed by atoms with Crippen LogP contribution in [0.4, 0.5) is 0 Å². The smallest absolute Gasteiger partial charge is 0.335 e. The third-order valence-corrected chi connectivity index (χ3v) is 1.78. The van der Waals surface area contributed by atoms with E-state index in [0.717, 1.165) is 0 Å². The van der Waals surface area contributed by atoms with Crippen LogP contribution in [-0.2, 0) is 9.59 Å². The molecule has 0 aliphatic carbocycles. The fourth-order valence-electron chi connectivity index (χ4n) is 0.782. The van der Waals surface area contributed by atoms with E-state index in [2.05, 4.69) is 16.9 Å².